The molecule has 0 saturated carbocycles. The fourth-order valence-electron chi connectivity index (χ4n) is 1.21. The third kappa shape index (κ3) is 1.56. The number of aldehydes is 1. The van der Waals surface area contributed by atoms with Crippen molar-refractivity contribution in [1.82, 2.24) is 9.97 Å². The summed E-state index contributed by atoms with van der Waals surface area (Å²) in [6.45, 7) is 1.94. The normalized spacial score (nSPS) is 10.1. The second-order valence-electron chi connectivity index (χ2n) is 2.82. The zero-order chi connectivity index (χ0) is 9.97. The van der Waals surface area contributed by atoms with Gasteiger partial charge in [-0.1, -0.05) is 0 Å². The quantitative estimate of drug-likeness (QED) is 0.705. The summed E-state index contributed by atoms with van der Waals surface area (Å²) in [7, 11) is 0. The zero-order valence-electron chi connectivity index (χ0n) is 7.60. The lowest BCUT2D eigenvalue weighted by molar-refractivity contribution is 0.112. The monoisotopic (exact) mass is 204 g/mol. The van der Waals surface area contributed by atoms with Gasteiger partial charge in [0.05, 0.1) is 9.88 Å². The Bertz CT molecular complexity index is 465. The minimum Gasteiger partial charge on any atom is -0.298 e. The molecule has 0 aliphatic carbocycles. The average molecular weight is 204 g/mol. The predicted octanol–water partition coefficient (Wildman–Crippen LogP) is 2.33. The maximum atomic E-state index is 10.8. The van der Waals surface area contributed by atoms with E-state index in [1.807, 2.05) is 13.0 Å². The van der Waals surface area contributed by atoms with Crippen LogP contribution in [0.2, 0.25) is 0 Å². The van der Waals surface area contributed by atoms with Gasteiger partial charge < -0.3 is 0 Å². The number of hydrogen-bond acceptors (Lipinski definition) is 4. The van der Waals surface area contributed by atoms with E-state index in [2.05, 4.69) is 9.97 Å². The first kappa shape index (κ1) is 9.02. The lowest BCUT2D eigenvalue weighted by atomic mass is 10.1. The van der Waals surface area contributed by atoms with Crippen LogP contribution < -0.4 is 0 Å². The molecule has 0 amide bonds. The number of carbonyl (C=O) groups is 1. The number of aromatic nitrogens is 2. The van der Waals surface area contributed by atoms with Crippen molar-refractivity contribution in [3.63, 3.8) is 0 Å². The van der Waals surface area contributed by atoms with Crippen LogP contribution in [0.25, 0.3) is 10.4 Å². The lowest BCUT2D eigenvalue weighted by Crippen LogP contribution is -1.86. The smallest absolute Gasteiger partial charge is 0.152 e. The van der Waals surface area contributed by atoms with Crippen molar-refractivity contribution in [3.8, 4) is 10.4 Å². The van der Waals surface area contributed by atoms with Crippen molar-refractivity contribution in [2.45, 2.75) is 6.92 Å². The van der Waals surface area contributed by atoms with Gasteiger partial charge in [-0.2, -0.15) is 0 Å². The summed E-state index contributed by atoms with van der Waals surface area (Å²) < 4.78 is 0. The molecule has 0 unspecified atom stereocenters. The topological polar surface area (TPSA) is 42.9 Å². The number of nitrogens with zero attached hydrogens (tertiary/aromatic N) is 2. The summed E-state index contributed by atoms with van der Waals surface area (Å²) in [5.74, 6) is 0. The number of hydrogen-bond donors (Lipinski definition) is 0. The molecule has 70 valence electrons. The fourth-order valence-corrected chi connectivity index (χ4v) is 2.04. The van der Waals surface area contributed by atoms with E-state index in [-0.39, 0.29) is 0 Å². The standard InChI is InChI=1S/C10H8N2OS/c1-7-12-5-10(14-7)9-2-3-11-4-8(9)6-13/h2-6H,1H3. The van der Waals surface area contributed by atoms with Gasteiger partial charge in [0.2, 0.25) is 0 Å². The largest absolute Gasteiger partial charge is 0.298 e. The average Bonchev–Trinajstić information content (AvgIpc) is 2.65. The van der Waals surface area contributed by atoms with Crippen LogP contribution in [-0.2, 0) is 0 Å². The number of carbonyl (C=O) groups excluding carboxylic acids is 1. The molecule has 0 radical (unpaired) electrons. The van der Waals surface area contributed by atoms with Gasteiger partial charge in [-0.25, -0.2) is 4.98 Å². The summed E-state index contributed by atoms with van der Waals surface area (Å²) in [6, 6.07) is 1.83. The van der Waals surface area contributed by atoms with Crippen LogP contribution in [0.5, 0.6) is 0 Å². The molecule has 0 N–H and O–H groups in total. The first-order chi connectivity index (χ1) is 6.81. The van der Waals surface area contributed by atoms with Crippen LogP contribution in [0.1, 0.15) is 15.4 Å². The van der Waals surface area contributed by atoms with E-state index in [4.69, 9.17) is 0 Å². The van der Waals surface area contributed by atoms with Crippen molar-refractivity contribution in [2.24, 2.45) is 0 Å². The Morgan fingerprint density at radius 1 is 1.43 bits per heavy atom. The zero-order valence-corrected chi connectivity index (χ0v) is 8.41. The van der Waals surface area contributed by atoms with E-state index < -0.39 is 0 Å². The maximum absolute atomic E-state index is 10.8. The van der Waals surface area contributed by atoms with E-state index >= 15 is 0 Å². The van der Waals surface area contributed by atoms with Crippen molar-refractivity contribution >= 4 is 17.6 Å². The molecule has 2 heterocycles. The molecule has 0 bridgehead atoms. The van der Waals surface area contributed by atoms with Gasteiger partial charge in [0.25, 0.3) is 0 Å². The predicted molar refractivity (Wildman–Crippen MR) is 55.5 cm³/mol. The number of pyridine rings is 1. The van der Waals surface area contributed by atoms with Crippen molar-refractivity contribution in [1.29, 1.82) is 0 Å². The van der Waals surface area contributed by atoms with E-state index in [1.165, 1.54) is 0 Å². The maximum Gasteiger partial charge on any atom is 0.152 e. The van der Waals surface area contributed by atoms with Crippen LogP contribution in [0.3, 0.4) is 0 Å². The summed E-state index contributed by atoms with van der Waals surface area (Å²) in [4.78, 5) is 19.8. The molecule has 14 heavy (non-hydrogen) atoms. The number of thiazole rings is 1. The molecule has 0 saturated heterocycles. The van der Waals surface area contributed by atoms with E-state index in [1.54, 1.807) is 29.9 Å². The molecule has 4 heteroatoms. The third-order valence-electron chi connectivity index (χ3n) is 1.87. The minimum atomic E-state index is 0.608. The Balaban J connectivity index is 2.55. The van der Waals surface area contributed by atoms with Gasteiger partial charge in [0.15, 0.2) is 6.29 Å². The van der Waals surface area contributed by atoms with Crippen molar-refractivity contribution in [2.75, 3.05) is 0 Å². The summed E-state index contributed by atoms with van der Waals surface area (Å²) in [6.07, 6.45) is 5.84. The first-order valence-electron chi connectivity index (χ1n) is 4.13. The molecule has 0 spiro atoms. The highest BCUT2D eigenvalue weighted by molar-refractivity contribution is 7.15. The summed E-state index contributed by atoms with van der Waals surface area (Å²) in [5, 5.41) is 0.994. The highest BCUT2D eigenvalue weighted by atomic mass is 32.1. The van der Waals surface area contributed by atoms with E-state index in [0.29, 0.717) is 5.56 Å². The Morgan fingerprint density at radius 3 is 2.93 bits per heavy atom. The molecule has 0 aromatic carbocycles. The molecule has 0 aliphatic heterocycles. The van der Waals surface area contributed by atoms with Gasteiger partial charge in [-0.15, -0.1) is 11.3 Å². The third-order valence-corrected chi connectivity index (χ3v) is 2.81. The first-order valence-corrected chi connectivity index (χ1v) is 4.95. The van der Waals surface area contributed by atoms with Crippen LogP contribution in [0.4, 0.5) is 0 Å². The van der Waals surface area contributed by atoms with E-state index in [0.717, 1.165) is 21.7 Å². The van der Waals surface area contributed by atoms with Gasteiger partial charge in [0, 0.05) is 29.7 Å². The van der Waals surface area contributed by atoms with Gasteiger partial charge in [-0.05, 0) is 13.0 Å². The van der Waals surface area contributed by atoms with Gasteiger partial charge >= 0.3 is 0 Å². The molecule has 0 fully saturated rings. The Kier molecular flexibility index (Phi) is 2.37. The second kappa shape index (κ2) is 3.67. The van der Waals surface area contributed by atoms with Crippen LogP contribution >= 0.6 is 11.3 Å². The molecule has 2 aromatic heterocycles. The molecule has 2 rings (SSSR count). The molecular weight excluding hydrogens is 196 g/mol. The fraction of sp³-hybridized carbons (Fsp3) is 0.100. The number of rotatable bonds is 2. The second-order valence-corrected chi connectivity index (χ2v) is 4.06. The Hall–Kier alpha value is -1.55. The van der Waals surface area contributed by atoms with Crippen LogP contribution in [0.15, 0.2) is 24.7 Å². The molecule has 2 aromatic rings. The summed E-state index contributed by atoms with van der Waals surface area (Å²) >= 11 is 1.57. The van der Waals surface area contributed by atoms with Gasteiger partial charge in [-0.3, -0.25) is 9.78 Å². The highest BCUT2D eigenvalue weighted by Gasteiger charge is 2.06. The van der Waals surface area contributed by atoms with Crippen molar-refractivity contribution < 1.29 is 4.79 Å². The Morgan fingerprint density at radius 2 is 2.29 bits per heavy atom. The SMILES string of the molecule is Cc1ncc(-c2ccncc2C=O)s1. The molecule has 0 aliphatic rings. The molecular formula is C10H8N2OS. The van der Waals surface area contributed by atoms with Crippen LogP contribution in [-0.4, -0.2) is 16.3 Å². The highest BCUT2D eigenvalue weighted by Crippen LogP contribution is 2.27. The van der Waals surface area contributed by atoms with E-state index in [9.17, 15) is 4.79 Å². The molecule has 0 atom stereocenters. The minimum absolute atomic E-state index is 0.608. The Labute approximate surface area is 85.5 Å². The van der Waals surface area contributed by atoms with Gasteiger partial charge in [0.1, 0.15) is 0 Å². The van der Waals surface area contributed by atoms with Crippen LogP contribution in [0, 0.1) is 6.92 Å². The number of aryl methyl sites for hydroxylation is 1. The summed E-state index contributed by atoms with van der Waals surface area (Å²) in [5.41, 5.74) is 1.51. The molecule has 3 nitrogen and oxygen atoms in total. The lowest BCUT2D eigenvalue weighted by Gasteiger charge is -1.98. The van der Waals surface area contributed by atoms with Crippen molar-refractivity contribution in [3.05, 3.63) is 35.2 Å².